The molecule has 2 heterocycles. The van der Waals surface area contributed by atoms with E-state index in [1.807, 2.05) is 24.4 Å². The van der Waals surface area contributed by atoms with Gasteiger partial charge in [-0.25, -0.2) is 0 Å². The number of benzene rings is 2. The molecule has 2 aromatic heterocycles. The molecule has 0 fully saturated rings. The summed E-state index contributed by atoms with van der Waals surface area (Å²) in [6.07, 6.45) is 1.86. The summed E-state index contributed by atoms with van der Waals surface area (Å²) >= 11 is 6.01. The summed E-state index contributed by atoms with van der Waals surface area (Å²) in [4.78, 5) is 4.49. The summed E-state index contributed by atoms with van der Waals surface area (Å²) in [6.45, 7) is 2.83. The van der Waals surface area contributed by atoms with E-state index in [1.165, 1.54) is 21.9 Å². The van der Waals surface area contributed by atoms with Crippen LogP contribution in [0.2, 0.25) is 5.02 Å². The van der Waals surface area contributed by atoms with Crippen LogP contribution in [0.25, 0.3) is 21.8 Å². The fourth-order valence-electron chi connectivity index (χ4n) is 3.27. The van der Waals surface area contributed by atoms with Crippen molar-refractivity contribution in [3.63, 3.8) is 0 Å². The Hall–Kier alpha value is -2.52. The molecule has 0 radical (unpaired) electrons. The van der Waals surface area contributed by atoms with Gasteiger partial charge in [0.15, 0.2) is 0 Å². The molecule has 4 aromatic rings. The minimum Gasteiger partial charge on any atom is -0.497 e. The Morgan fingerprint density at radius 1 is 1.04 bits per heavy atom. The van der Waals surface area contributed by atoms with Gasteiger partial charge < -0.3 is 9.30 Å². The van der Waals surface area contributed by atoms with Crippen molar-refractivity contribution in [3.05, 3.63) is 71.0 Å². The first kappa shape index (κ1) is 15.0. The summed E-state index contributed by atoms with van der Waals surface area (Å²) < 4.78 is 7.72. The number of methoxy groups -OCH3 is 1. The second-order valence-corrected chi connectivity index (χ2v) is 6.32. The molecule has 0 spiro atoms. The largest absolute Gasteiger partial charge is 0.497 e. The van der Waals surface area contributed by atoms with E-state index in [-0.39, 0.29) is 0 Å². The quantitative estimate of drug-likeness (QED) is 0.513. The second-order valence-electron chi connectivity index (χ2n) is 5.89. The van der Waals surface area contributed by atoms with Crippen molar-refractivity contribution < 1.29 is 4.74 Å². The lowest BCUT2D eigenvalue weighted by Crippen LogP contribution is -2.01. The topological polar surface area (TPSA) is 27.1 Å². The standard InChI is InChI=1S/C20H17ClN2O/c1-13-20-17(9-10-22-13)18-11-16(24-2)7-8-19(18)23(20)12-14-3-5-15(21)6-4-14/h3-11H,12H2,1-2H3. The zero-order valence-electron chi connectivity index (χ0n) is 13.6. The van der Waals surface area contributed by atoms with Gasteiger partial charge in [0.25, 0.3) is 0 Å². The first-order valence-corrected chi connectivity index (χ1v) is 8.21. The number of halogens is 1. The van der Waals surface area contributed by atoms with Crippen LogP contribution in [0.3, 0.4) is 0 Å². The molecule has 0 saturated carbocycles. The van der Waals surface area contributed by atoms with Gasteiger partial charge in [-0.2, -0.15) is 0 Å². The zero-order valence-corrected chi connectivity index (χ0v) is 14.3. The van der Waals surface area contributed by atoms with Crippen LogP contribution in [0.15, 0.2) is 54.7 Å². The van der Waals surface area contributed by atoms with Crippen LogP contribution in [0.5, 0.6) is 5.75 Å². The van der Waals surface area contributed by atoms with Gasteiger partial charge in [0.2, 0.25) is 0 Å². The van der Waals surface area contributed by atoms with Gasteiger partial charge in [0.05, 0.1) is 18.3 Å². The predicted molar refractivity (Wildman–Crippen MR) is 99.1 cm³/mol. The van der Waals surface area contributed by atoms with Crippen molar-refractivity contribution in [1.82, 2.24) is 9.55 Å². The first-order valence-electron chi connectivity index (χ1n) is 7.83. The number of aromatic nitrogens is 2. The maximum atomic E-state index is 6.01. The number of hydrogen-bond donors (Lipinski definition) is 0. The van der Waals surface area contributed by atoms with Crippen LogP contribution >= 0.6 is 11.6 Å². The van der Waals surface area contributed by atoms with E-state index in [1.54, 1.807) is 7.11 Å². The average molecular weight is 337 g/mol. The molecule has 120 valence electrons. The molecule has 24 heavy (non-hydrogen) atoms. The van der Waals surface area contributed by atoms with Gasteiger partial charge >= 0.3 is 0 Å². The number of nitrogens with zero attached hydrogens (tertiary/aromatic N) is 2. The van der Waals surface area contributed by atoms with E-state index >= 15 is 0 Å². The number of fused-ring (bicyclic) bond motifs is 3. The molecule has 0 aliphatic rings. The van der Waals surface area contributed by atoms with Crippen LogP contribution in [0, 0.1) is 6.92 Å². The van der Waals surface area contributed by atoms with Crippen molar-refractivity contribution >= 4 is 33.4 Å². The van der Waals surface area contributed by atoms with Gasteiger partial charge in [0, 0.05) is 34.1 Å². The molecular weight excluding hydrogens is 320 g/mol. The Bertz CT molecular complexity index is 1040. The highest BCUT2D eigenvalue weighted by atomic mass is 35.5. The van der Waals surface area contributed by atoms with Crippen molar-refractivity contribution in [2.45, 2.75) is 13.5 Å². The molecule has 0 atom stereocenters. The minimum absolute atomic E-state index is 0.753. The van der Waals surface area contributed by atoms with Crippen molar-refractivity contribution in [2.75, 3.05) is 7.11 Å². The lowest BCUT2D eigenvalue weighted by molar-refractivity contribution is 0.415. The Labute approximate surface area is 145 Å². The van der Waals surface area contributed by atoms with Crippen LogP contribution in [0.1, 0.15) is 11.3 Å². The minimum atomic E-state index is 0.753. The number of hydrogen-bond acceptors (Lipinski definition) is 2. The fraction of sp³-hybridized carbons (Fsp3) is 0.150. The molecule has 0 aliphatic carbocycles. The average Bonchev–Trinajstić information content (AvgIpc) is 2.91. The number of rotatable bonds is 3. The van der Waals surface area contributed by atoms with Gasteiger partial charge in [-0.15, -0.1) is 0 Å². The zero-order chi connectivity index (χ0) is 16.7. The Balaban J connectivity index is 1.99. The van der Waals surface area contributed by atoms with Crippen molar-refractivity contribution in [2.24, 2.45) is 0 Å². The lowest BCUT2D eigenvalue weighted by atomic mass is 10.1. The monoisotopic (exact) mass is 336 g/mol. The van der Waals surface area contributed by atoms with Crippen molar-refractivity contribution in [1.29, 1.82) is 0 Å². The van der Waals surface area contributed by atoms with Gasteiger partial charge in [-0.05, 0) is 48.9 Å². The van der Waals surface area contributed by atoms with E-state index in [2.05, 4.69) is 46.8 Å². The highest BCUT2D eigenvalue weighted by molar-refractivity contribution is 6.30. The van der Waals surface area contributed by atoms with E-state index in [0.717, 1.165) is 28.5 Å². The van der Waals surface area contributed by atoms with E-state index in [4.69, 9.17) is 16.3 Å². The summed E-state index contributed by atoms with van der Waals surface area (Å²) in [7, 11) is 1.70. The smallest absolute Gasteiger partial charge is 0.119 e. The van der Waals surface area contributed by atoms with Crippen LogP contribution in [-0.4, -0.2) is 16.7 Å². The Kier molecular flexibility index (Phi) is 3.66. The predicted octanol–water partition coefficient (Wildman–Crippen LogP) is 5.21. The third kappa shape index (κ3) is 2.42. The van der Waals surface area contributed by atoms with E-state index in [9.17, 15) is 0 Å². The number of pyridine rings is 1. The third-order valence-electron chi connectivity index (χ3n) is 4.42. The Morgan fingerprint density at radius 2 is 1.83 bits per heavy atom. The first-order chi connectivity index (χ1) is 11.7. The highest BCUT2D eigenvalue weighted by Gasteiger charge is 2.14. The van der Waals surface area contributed by atoms with Crippen LogP contribution in [-0.2, 0) is 6.54 Å². The molecule has 2 aromatic carbocycles. The normalized spacial score (nSPS) is 11.3. The molecule has 0 unspecified atom stereocenters. The van der Waals surface area contributed by atoms with Gasteiger partial charge in [0.1, 0.15) is 5.75 Å². The summed E-state index contributed by atoms with van der Waals surface area (Å²) in [6, 6.07) is 16.3. The molecule has 3 nitrogen and oxygen atoms in total. The highest BCUT2D eigenvalue weighted by Crippen LogP contribution is 2.33. The maximum absolute atomic E-state index is 6.01. The molecule has 0 amide bonds. The number of aryl methyl sites for hydroxylation is 1. The van der Waals surface area contributed by atoms with Crippen molar-refractivity contribution in [3.8, 4) is 5.75 Å². The summed E-state index contributed by atoms with van der Waals surface area (Å²) in [5.41, 5.74) is 4.57. The molecular formula is C20H17ClN2O. The van der Waals surface area contributed by atoms with Crippen LogP contribution in [0.4, 0.5) is 0 Å². The Morgan fingerprint density at radius 3 is 2.58 bits per heavy atom. The molecule has 4 heteroatoms. The molecule has 0 bridgehead atoms. The summed E-state index contributed by atoms with van der Waals surface area (Å²) in [5, 5.41) is 3.14. The van der Waals surface area contributed by atoms with Crippen LogP contribution < -0.4 is 4.74 Å². The summed E-state index contributed by atoms with van der Waals surface area (Å²) in [5.74, 6) is 0.863. The molecule has 0 aliphatic heterocycles. The van der Waals surface area contributed by atoms with E-state index in [0.29, 0.717) is 0 Å². The molecule has 4 rings (SSSR count). The SMILES string of the molecule is COc1ccc2c(c1)c1ccnc(C)c1n2Cc1ccc(Cl)cc1. The van der Waals surface area contributed by atoms with Gasteiger partial charge in [-0.1, -0.05) is 23.7 Å². The fourth-order valence-corrected chi connectivity index (χ4v) is 3.39. The van der Waals surface area contributed by atoms with Gasteiger partial charge in [-0.3, -0.25) is 4.98 Å². The lowest BCUT2D eigenvalue weighted by Gasteiger charge is -2.09. The number of ether oxygens (including phenoxy) is 1. The molecule has 0 saturated heterocycles. The second kappa shape index (κ2) is 5.84. The van der Waals surface area contributed by atoms with E-state index < -0.39 is 0 Å². The molecule has 0 N–H and O–H groups in total. The maximum Gasteiger partial charge on any atom is 0.119 e. The third-order valence-corrected chi connectivity index (χ3v) is 4.67.